The zero-order valence-electron chi connectivity index (χ0n) is 10.1. The highest BCUT2D eigenvalue weighted by molar-refractivity contribution is 5.35. The zero-order chi connectivity index (χ0) is 12.2. The fourth-order valence-corrected chi connectivity index (χ4v) is 1.36. The van der Waals surface area contributed by atoms with Crippen molar-refractivity contribution in [1.29, 1.82) is 0 Å². The van der Waals surface area contributed by atoms with Gasteiger partial charge in [0.15, 0.2) is 0 Å². The lowest BCUT2D eigenvalue weighted by Crippen LogP contribution is -2.28. The number of aliphatic hydroxyl groups is 2. The third kappa shape index (κ3) is 3.83. The molecule has 1 aromatic carbocycles. The van der Waals surface area contributed by atoms with Crippen LogP contribution >= 0.6 is 0 Å². The Kier molecular flexibility index (Phi) is 4.33. The van der Waals surface area contributed by atoms with Crippen LogP contribution in [0.2, 0.25) is 0 Å². The van der Waals surface area contributed by atoms with Gasteiger partial charge in [0.2, 0.25) is 0 Å². The van der Waals surface area contributed by atoms with Crippen molar-refractivity contribution in [3.05, 3.63) is 29.8 Å². The Morgan fingerprint density at radius 1 is 1.31 bits per heavy atom. The molecule has 0 aromatic heterocycles. The molecule has 0 radical (unpaired) electrons. The molecule has 1 atom stereocenters. The van der Waals surface area contributed by atoms with E-state index in [-0.39, 0.29) is 6.61 Å². The van der Waals surface area contributed by atoms with E-state index in [9.17, 15) is 10.2 Å². The lowest BCUT2D eigenvalue weighted by Gasteiger charge is -2.20. The van der Waals surface area contributed by atoms with E-state index >= 15 is 0 Å². The average Bonchev–Trinajstić information content (AvgIpc) is 2.25. The number of benzene rings is 1. The van der Waals surface area contributed by atoms with Crippen LogP contribution in [0.25, 0.3) is 0 Å². The van der Waals surface area contributed by atoms with Gasteiger partial charge in [-0.1, -0.05) is 25.1 Å². The van der Waals surface area contributed by atoms with Gasteiger partial charge in [-0.15, -0.1) is 0 Å². The molecule has 0 bridgehead atoms. The Morgan fingerprint density at radius 2 is 1.94 bits per heavy atom. The molecule has 0 saturated heterocycles. The van der Waals surface area contributed by atoms with E-state index in [2.05, 4.69) is 0 Å². The topological polar surface area (TPSA) is 49.7 Å². The minimum Gasteiger partial charge on any atom is -0.490 e. The van der Waals surface area contributed by atoms with E-state index in [1.54, 1.807) is 19.9 Å². The van der Waals surface area contributed by atoms with Crippen LogP contribution in [0.3, 0.4) is 0 Å². The Balaban J connectivity index is 2.79. The first-order valence-corrected chi connectivity index (χ1v) is 5.56. The monoisotopic (exact) mass is 224 g/mol. The molecule has 0 saturated carbocycles. The van der Waals surface area contributed by atoms with E-state index in [1.165, 1.54) is 0 Å². The zero-order valence-corrected chi connectivity index (χ0v) is 10.1. The highest BCUT2D eigenvalue weighted by atomic mass is 16.5. The Hall–Kier alpha value is -1.06. The minimum absolute atomic E-state index is 0.209. The van der Waals surface area contributed by atoms with Crippen molar-refractivity contribution >= 4 is 0 Å². The van der Waals surface area contributed by atoms with Gasteiger partial charge in [0.05, 0.1) is 11.7 Å². The fourth-order valence-electron chi connectivity index (χ4n) is 1.36. The van der Waals surface area contributed by atoms with Crippen LogP contribution in [0.4, 0.5) is 0 Å². The number of hydrogen-bond donors (Lipinski definition) is 2. The van der Waals surface area contributed by atoms with Gasteiger partial charge in [0.25, 0.3) is 0 Å². The lowest BCUT2D eigenvalue weighted by molar-refractivity contribution is 0.0270. The van der Waals surface area contributed by atoms with Gasteiger partial charge in [-0.25, -0.2) is 0 Å². The quantitative estimate of drug-likeness (QED) is 0.806. The van der Waals surface area contributed by atoms with Crippen LogP contribution in [-0.2, 0) is 0 Å². The summed E-state index contributed by atoms with van der Waals surface area (Å²) in [5.74, 6) is 0.638. The Morgan fingerprint density at radius 3 is 2.50 bits per heavy atom. The first-order chi connectivity index (χ1) is 7.44. The molecule has 90 valence electrons. The van der Waals surface area contributed by atoms with E-state index in [0.29, 0.717) is 12.2 Å². The summed E-state index contributed by atoms with van der Waals surface area (Å²) in [6.45, 7) is 5.50. The van der Waals surface area contributed by atoms with Gasteiger partial charge in [-0.3, -0.25) is 0 Å². The van der Waals surface area contributed by atoms with Gasteiger partial charge >= 0.3 is 0 Å². The molecule has 0 unspecified atom stereocenters. The number of aliphatic hydroxyl groups excluding tert-OH is 1. The van der Waals surface area contributed by atoms with Crippen molar-refractivity contribution < 1.29 is 14.9 Å². The van der Waals surface area contributed by atoms with Crippen LogP contribution in [-0.4, -0.2) is 22.4 Å². The van der Waals surface area contributed by atoms with Crippen molar-refractivity contribution in [2.75, 3.05) is 6.61 Å². The number of hydrogen-bond acceptors (Lipinski definition) is 3. The molecule has 0 aliphatic rings. The molecule has 1 aromatic rings. The van der Waals surface area contributed by atoms with Gasteiger partial charge < -0.3 is 14.9 Å². The summed E-state index contributed by atoms with van der Waals surface area (Å²) >= 11 is 0. The van der Waals surface area contributed by atoms with Gasteiger partial charge in [0, 0.05) is 5.56 Å². The number of ether oxygens (including phenoxy) is 1. The Labute approximate surface area is 96.7 Å². The molecule has 3 nitrogen and oxygen atoms in total. The molecule has 0 aliphatic carbocycles. The summed E-state index contributed by atoms with van der Waals surface area (Å²) in [6, 6.07) is 7.37. The van der Waals surface area contributed by atoms with Gasteiger partial charge in [0.1, 0.15) is 12.4 Å². The molecule has 0 heterocycles. The molecule has 16 heavy (non-hydrogen) atoms. The largest absolute Gasteiger partial charge is 0.490 e. The van der Waals surface area contributed by atoms with Crippen LogP contribution in [0.15, 0.2) is 24.3 Å². The maximum absolute atomic E-state index is 9.80. The van der Waals surface area contributed by atoms with Crippen LogP contribution < -0.4 is 4.74 Å². The highest BCUT2D eigenvalue weighted by Gasteiger charge is 2.16. The fraction of sp³-hybridized carbons (Fsp3) is 0.538. The van der Waals surface area contributed by atoms with Crippen LogP contribution in [0.5, 0.6) is 5.75 Å². The van der Waals surface area contributed by atoms with Gasteiger partial charge in [-0.2, -0.15) is 0 Å². The molecule has 0 aliphatic heterocycles. The van der Waals surface area contributed by atoms with Gasteiger partial charge in [-0.05, 0) is 26.3 Å². The summed E-state index contributed by atoms with van der Waals surface area (Å²) in [5.41, 5.74) is -0.0983. The summed E-state index contributed by atoms with van der Waals surface area (Å²) < 4.78 is 5.51. The number of para-hydroxylation sites is 1. The molecular formula is C13H20O3. The molecule has 2 N–H and O–H groups in total. The summed E-state index contributed by atoms with van der Waals surface area (Å²) in [4.78, 5) is 0. The van der Waals surface area contributed by atoms with E-state index < -0.39 is 11.7 Å². The molecule has 0 fully saturated rings. The molecule has 3 heteroatoms. The predicted molar refractivity (Wildman–Crippen MR) is 63.5 cm³/mol. The summed E-state index contributed by atoms with van der Waals surface area (Å²) in [7, 11) is 0. The maximum atomic E-state index is 9.80. The van der Waals surface area contributed by atoms with Crippen LogP contribution in [0.1, 0.15) is 38.9 Å². The van der Waals surface area contributed by atoms with Crippen molar-refractivity contribution in [3.63, 3.8) is 0 Å². The second-order valence-electron chi connectivity index (χ2n) is 4.56. The second-order valence-corrected chi connectivity index (χ2v) is 4.56. The van der Waals surface area contributed by atoms with E-state index in [0.717, 1.165) is 5.56 Å². The van der Waals surface area contributed by atoms with Crippen molar-refractivity contribution in [3.8, 4) is 5.75 Å². The summed E-state index contributed by atoms with van der Waals surface area (Å²) in [5, 5.41) is 19.4. The van der Waals surface area contributed by atoms with Crippen molar-refractivity contribution in [2.45, 2.75) is 38.9 Å². The highest BCUT2D eigenvalue weighted by Crippen LogP contribution is 2.27. The minimum atomic E-state index is -0.871. The van der Waals surface area contributed by atoms with E-state index in [1.807, 2.05) is 25.1 Å². The number of rotatable bonds is 5. The molecule has 0 amide bonds. The first kappa shape index (κ1) is 13.0. The lowest BCUT2D eigenvalue weighted by atomic mass is 10.1. The maximum Gasteiger partial charge on any atom is 0.125 e. The third-order valence-corrected chi connectivity index (χ3v) is 2.25. The Bertz CT molecular complexity index is 328. The second kappa shape index (κ2) is 5.32. The average molecular weight is 224 g/mol. The van der Waals surface area contributed by atoms with Crippen LogP contribution in [0, 0.1) is 0 Å². The SMILES string of the molecule is CC[C@@H](O)c1ccccc1OCC(C)(C)O. The molecule has 1 rings (SSSR count). The predicted octanol–water partition coefficient (Wildman–Crippen LogP) is 2.28. The standard InChI is InChI=1S/C13H20O3/c1-4-11(14)10-7-5-6-8-12(10)16-9-13(2,3)15/h5-8,11,14-15H,4,9H2,1-3H3/t11-/m1/s1. The van der Waals surface area contributed by atoms with Crippen molar-refractivity contribution in [2.24, 2.45) is 0 Å². The third-order valence-electron chi connectivity index (χ3n) is 2.25. The summed E-state index contributed by atoms with van der Waals surface area (Å²) in [6.07, 6.45) is 0.126. The first-order valence-electron chi connectivity index (χ1n) is 5.56. The smallest absolute Gasteiger partial charge is 0.125 e. The van der Waals surface area contributed by atoms with Crippen molar-refractivity contribution in [1.82, 2.24) is 0 Å². The molecular weight excluding hydrogens is 204 g/mol. The van der Waals surface area contributed by atoms with E-state index in [4.69, 9.17) is 4.74 Å². The normalized spacial score (nSPS) is 13.6. The molecule has 0 spiro atoms.